The van der Waals surface area contributed by atoms with Gasteiger partial charge in [-0.3, -0.25) is 4.79 Å². The van der Waals surface area contributed by atoms with Gasteiger partial charge in [0.1, 0.15) is 0 Å². The molecule has 1 saturated carbocycles. The van der Waals surface area contributed by atoms with Gasteiger partial charge in [-0.15, -0.1) is 0 Å². The summed E-state index contributed by atoms with van der Waals surface area (Å²) in [6, 6.07) is 8.06. The largest absolute Gasteiger partial charge is 0.378 e. The molecule has 0 spiro atoms. The molecule has 0 bridgehead atoms. The Kier molecular flexibility index (Phi) is 5.99. The second-order valence-electron chi connectivity index (χ2n) is 6.32. The van der Waals surface area contributed by atoms with Crippen molar-refractivity contribution in [2.45, 2.75) is 39.0 Å². The first-order valence-corrected chi connectivity index (χ1v) is 8.22. The van der Waals surface area contributed by atoms with Crippen molar-refractivity contribution in [3.8, 4) is 0 Å². The van der Waals surface area contributed by atoms with Crippen LogP contribution in [0.4, 0.5) is 5.69 Å². The van der Waals surface area contributed by atoms with Gasteiger partial charge in [-0.1, -0.05) is 38.3 Å². The van der Waals surface area contributed by atoms with Crippen LogP contribution < -0.4 is 10.3 Å². The van der Waals surface area contributed by atoms with Crippen molar-refractivity contribution in [3.05, 3.63) is 29.8 Å². The fourth-order valence-electron chi connectivity index (χ4n) is 2.66. The summed E-state index contributed by atoms with van der Waals surface area (Å²) in [5.74, 6) is 0.842. The third kappa shape index (κ3) is 4.86. The number of nitrogens with one attached hydrogen (secondary N) is 1. The van der Waals surface area contributed by atoms with Gasteiger partial charge in [0.25, 0.3) is 0 Å². The van der Waals surface area contributed by atoms with Crippen LogP contribution in [0.5, 0.6) is 0 Å². The predicted octanol–water partition coefficient (Wildman–Crippen LogP) is 3.42. The van der Waals surface area contributed by atoms with Gasteiger partial charge in [0, 0.05) is 25.7 Å². The van der Waals surface area contributed by atoms with E-state index in [1.54, 1.807) is 6.21 Å². The van der Waals surface area contributed by atoms with Gasteiger partial charge in [-0.05, 0) is 36.5 Å². The van der Waals surface area contributed by atoms with Gasteiger partial charge in [0.05, 0.1) is 6.21 Å². The van der Waals surface area contributed by atoms with Crippen molar-refractivity contribution in [3.63, 3.8) is 0 Å². The Balaban J connectivity index is 1.72. The number of nitrogens with zero attached hydrogens (tertiary/aromatic N) is 2. The van der Waals surface area contributed by atoms with Crippen molar-refractivity contribution < 1.29 is 4.79 Å². The van der Waals surface area contributed by atoms with Gasteiger partial charge < -0.3 is 4.90 Å². The van der Waals surface area contributed by atoms with E-state index in [4.69, 9.17) is 0 Å². The summed E-state index contributed by atoms with van der Waals surface area (Å²) in [6.45, 7) is 2.21. The van der Waals surface area contributed by atoms with E-state index in [9.17, 15) is 4.79 Å². The van der Waals surface area contributed by atoms with Crippen molar-refractivity contribution in [2.24, 2.45) is 16.9 Å². The average molecular weight is 301 g/mol. The molecule has 0 saturated heterocycles. The van der Waals surface area contributed by atoms with Crippen LogP contribution in [0.2, 0.25) is 0 Å². The molecule has 22 heavy (non-hydrogen) atoms. The number of hydrazone groups is 1. The highest BCUT2D eigenvalue weighted by Crippen LogP contribution is 2.42. The van der Waals surface area contributed by atoms with Crippen LogP contribution in [-0.2, 0) is 4.79 Å². The monoisotopic (exact) mass is 301 g/mol. The third-order valence-corrected chi connectivity index (χ3v) is 4.24. The van der Waals surface area contributed by atoms with E-state index in [0.717, 1.165) is 17.7 Å². The van der Waals surface area contributed by atoms with E-state index in [0.29, 0.717) is 5.92 Å². The number of rotatable bonds is 8. The molecule has 0 heterocycles. The lowest BCUT2D eigenvalue weighted by Crippen LogP contribution is -2.20. The normalized spacial score (nSPS) is 20.1. The molecule has 1 amide bonds. The topological polar surface area (TPSA) is 44.7 Å². The zero-order valence-corrected chi connectivity index (χ0v) is 13.9. The van der Waals surface area contributed by atoms with Crippen LogP contribution in [0.1, 0.15) is 44.6 Å². The van der Waals surface area contributed by atoms with Crippen molar-refractivity contribution in [2.75, 3.05) is 19.0 Å². The van der Waals surface area contributed by atoms with Gasteiger partial charge in [-0.25, -0.2) is 5.43 Å². The molecule has 1 N–H and O–H groups in total. The first kappa shape index (κ1) is 16.5. The number of hydrogen-bond donors (Lipinski definition) is 1. The number of anilines is 1. The summed E-state index contributed by atoms with van der Waals surface area (Å²) < 4.78 is 0. The lowest BCUT2D eigenvalue weighted by Gasteiger charge is -2.11. The van der Waals surface area contributed by atoms with Gasteiger partial charge in [0.15, 0.2) is 0 Å². The van der Waals surface area contributed by atoms with E-state index >= 15 is 0 Å². The number of amides is 1. The van der Waals surface area contributed by atoms with Crippen LogP contribution in [-0.4, -0.2) is 26.2 Å². The van der Waals surface area contributed by atoms with Crippen LogP contribution in [0, 0.1) is 11.8 Å². The van der Waals surface area contributed by atoms with Crippen molar-refractivity contribution in [1.82, 2.24) is 5.43 Å². The maximum atomic E-state index is 12.0. The van der Waals surface area contributed by atoms with E-state index in [-0.39, 0.29) is 11.8 Å². The number of unbranched alkanes of at least 4 members (excludes halogenated alkanes) is 2. The standard InChI is InChI=1S/C18H27N3O/c1-4-5-6-7-15-12-17(15)18(22)20-19-13-14-8-10-16(11-9-14)21(2)3/h8-11,13,15,17H,4-7,12H2,1-3H3,(H,20,22)/t15-,17-/m0/s1. The van der Waals surface area contributed by atoms with Crippen LogP contribution in [0.25, 0.3) is 0 Å². The molecule has 1 aromatic carbocycles. The summed E-state index contributed by atoms with van der Waals surface area (Å²) in [4.78, 5) is 14.0. The SMILES string of the molecule is CCCCC[C@H]1C[C@@H]1C(=O)NN=Cc1ccc(N(C)C)cc1. The minimum atomic E-state index is 0.0719. The van der Waals surface area contributed by atoms with Gasteiger partial charge >= 0.3 is 0 Å². The highest BCUT2D eigenvalue weighted by molar-refractivity contribution is 5.85. The fraction of sp³-hybridized carbons (Fsp3) is 0.556. The van der Waals surface area contributed by atoms with E-state index in [2.05, 4.69) is 22.4 Å². The zero-order chi connectivity index (χ0) is 15.9. The summed E-state index contributed by atoms with van der Waals surface area (Å²) in [7, 11) is 4.02. The Bertz CT molecular complexity index is 508. The predicted molar refractivity (Wildman–Crippen MR) is 92.2 cm³/mol. The summed E-state index contributed by atoms with van der Waals surface area (Å²) in [5.41, 5.74) is 4.81. The average Bonchev–Trinajstić information content (AvgIpc) is 3.27. The molecular formula is C18H27N3O. The van der Waals surface area contributed by atoms with Crippen molar-refractivity contribution >= 4 is 17.8 Å². The molecule has 120 valence electrons. The lowest BCUT2D eigenvalue weighted by molar-refractivity contribution is -0.122. The van der Waals surface area contributed by atoms with E-state index < -0.39 is 0 Å². The molecule has 1 aliphatic rings. The molecule has 4 heteroatoms. The molecule has 2 atom stereocenters. The number of benzene rings is 1. The molecule has 0 aliphatic heterocycles. The van der Waals surface area contributed by atoms with Gasteiger partial charge in [-0.2, -0.15) is 5.10 Å². The zero-order valence-electron chi connectivity index (χ0n) is 13.9. The molecule has 1 fully saturated rings. The number of carbonyl (C=O) groups excluding carboxylic acids is 1. The molecule has 0 unspecified atom stereocenters. The Morgan fingerprint density at radius 3 is 2.68 bits per heavy atom. The van der Waals surface area contributed by atoms with Crippen LogP contribution in [0.15, 0.2) is 29.4 Å². The third-order valence-electron chi connectivity index (χ3n) is 4.24. The molecule has 2 rings (SSSR count). The number of carbonyl (C=O) groups is 1. The summed E-state index contributed by atoms with van der Waals surface area (Å²) >= 11 is 0. The smallest absolute Gasteiger partial charge is 0.243 e. The van der Waals surface area contributed by atoms with E-state index in [1.165, 1.54) is 25.7 Å². The Morgan fingerprint density at radius 1 is 1.32 bits per heavy atom. The Hall–Kier alpha value is -1.84. The molecule has 1 aliphatic carbocycles. The maximum Gasteiger partial charge on any atom is 0.243 e. The fourth-order valence-corrected chi connectivity index (χ4v) is 2.66. The molecule has 0 radical (unpaired) electrons. The summed E-state index contributed by atoms with van der Waals surface area (Å²) in [6.07, 6.45) is 7.66. The maximum absolute atomic E-state index is 12.0. The highest BCUT2D eigenvalue weighted by atomic mass is 16.2. The lowest BCUT2D eigenvalue weighted by atomic mass is 10.1. The first-order valence-electron chi connectivity index (χ1n) is 8.22. The molecular weight excluding hydrogens is 274 g/mol. The quantitative estimate of drug-likeness (QED) is 0.454. The minimum Gasteiger partial charge on any atom is -0.378 e. The second-order valence-corrected chi connectivity index (χ2v) is 6.32. The van der Waals surface area contributed by atoms with E-state index in [1.807, 2.05) is 38.4 Å². The molecule has 0 aromatic heterocycles. The van der Waals surface area contributed by atoms with Gasteiger partial charge in [0.2, 0.25) is 5.91 Å². The van der Waals surface area contributed by atoms with Crippen LogP contribution >= 0.6 is 0 Å². The molecule has 1 aromatic rings. The van der Waals surface area contributed by atoms with Crippen molar-refractivity contribution in [1.29, 1.82) is 0 Å². The first-order chi connectivity index (χ1) is 10.6. The summed E-state index contributed by atoms with van der Waals surface area (Å²) in [5, 5.41) is 4.07. The highest BCUT2D eigenvalue weighted by Gasteiger charge is 2.41. The number of hydrogen-bond acceptors (Lipinski definition) is 3. The second kappa shape index (κ2) is 7.97. The Morgan fingerprint density at radius 2 is 2.05 bits per heavy atom. The van der Waals surface area contributed by atoms with Crippen LogP contribution in [0.3, 0.4) is 0 Å². The minimum absolute atomic E-state index is 0.0719. The molecule has 4 nitrogen and oxygen atoms in total. The Labute approximate surface area is 133 Å².